The van der Waals surface area contributed by atoms with Gasteiger partial charge in [-0.1, -0.05) is 99.0 Å². The molecular weight excluding hydrogens is 597 g/mol. The molecule has 0 aliphatic carbocycles. The number of rotatable bonds is 11. The van der Waals surface area contributed by atoms with Gasteiger partial charge in [0, 0.05) is 36.3 Å². The number of hydrogen-bond acceptors (Lipinski definition) is 2. The second-order valence-electron chi connectivity index (χ2n) is 11.9. The normalized spacial score (nSPS) is 13.4. The molecule has 244 valence electrons. The highest BCUT2D eigenvalue weighted by Gasteiger charge is 2.28. The number of nitrogens with two attached hydrogens (primary N) is 1. The van der Waals surface area contributed by atoms with Gasteiger partial charge in [0.15, 0.2) is 0 Å². The number of fused-ring (bicyclic) bond motifs is 4. The molecule has 0 saturated carbocycles. The molecule has 0 unspecified atom stereocenters. The van der Waals surface area contributed by atoms with E-state index in [0.717, 1.165) is 39.9 Å². The van der Waals surface area contributed by atoms with E-state index in [0.29, 0.717) is 6.42 Å². The van der Waals surface area contributed by atoms with Crippen molar-refractivity contribution in [3.8, 4) is 0 Å². The minimum atomic E-state index is 0.638. The van der Waals surface area contributed by atoms with Gasteiger partial charge in [0.1, 0.15) is 5.22 Å². The molecular formula is C45H45N4+. The molecule has 0 atom stereocenters. The molecule has 1 aromatic heterocycles. The van der Waals surface area contributed by atoms with Gasteiger partial charge < -0.3 is 16.1 Å². The van der Waals surface area contributed by atoms with Crippen LogP contribution in [-0.4, -0.2) is 11.2 Å². The first-order valence-corrected chi connectivity index (χ1v) is 16.7. The van der Waals surface area contributed by atoms with E-state index < -0.39 is 0 Å². The first-order valence-electron chi connectivity index (χ1n) is 16.7. The average Bonchev–Trinajstić information content (AvgIpc) is 3.56. The maximum atomic E-state index is 7.97. The topological polar surface area (TPSA) is 68.7 Å². The van der Waals surface area contributed by atoms with Gasteiger partial charge in [-0.2, -0.15) is 4.58 Å². The predicted octanol–water partition coefficient (Wildman–Crippen LogP) is 9.82. The van der Waals surface area contributed by atoms with Crippen LogP contribution in [0.2, 0.25) is 0 Å². The molecule has 0 amide bonds. The summed E-state index contributed by atoms with van der Waals surface area (Å²) >= 11 is 0. The van der Waals surface area contributed by atoms with Crippen LogP contribution in [0.4, 0.5) is 5.69 Å². The van der Waals surface area contributed by atoms with Gasteiger partial charge in [0.25, 0.3) is 0 Å². The van der Waals surface area contributed by atoms with E-state index >= 15 is 0 Å². The smallest absolute Gasteiger partial charge is 0.233 e. The van der Waals surface area contributed by atoms with Crippen molar-refractivity contribution in [2.45, 2.75) is 33.6 Å². The highest BCUT2D eigenvalue weighted by atomic mass is 15.1. The van der Waals surface area contributed by atoms with Crippen LogP contribution in [0, 0.1) is 12.3 Å². The molecule has 4 N–H and O–H groups in total. The van der Waals surface area contributed by atoms with E-state index in [-0.39, 0.29) is 0 Å². The Hall–Kier alpha value is -6.00. The van der Waals surface area contributed by atoms with Gasteiger partial charge in [0.2, 0.25) is 16.7 Å². The lowest BCUT2D eigenvalue weighted by molar-refractivity contribution is 0.933. The zero-order valence-electron chi connectivity index (χ0n) is 28.7. The lowest BCUT2D eigenvalue weighted by atomic mass is 9.97. The van der Waals surface area contributed by atoms with E-state index in [4.69, 9.17) is 11.1 Å². The average molecular weight is 642 g/mol. The van der Waals surface area contributed by atoms with Crippen LogP contribution in [0.5, 0.6) is 0 Å². The zero-order chi connectivity index (χ0) is 34.8. The maximum absolute atomic E-state index is 7.97. The SMILES string of the molecule is C=C/C(=C\CC)c1cc(C)c[nH]1.C=C/C(=C\N)C/C=C(\C=N)c1ccc2c3c(ccc2c1)=C(/C=C\C=C/C)[N+]=3c1ccc2ccccc2c1. The summed E-state index contributed by atoms with van der Waals surface area (Å²) in [5, 5.41) is 15.2. The number of H-pyrrole nitrogens is 1. The molecule has 4 aromatic carbocycles. The molecule has 5 aromatic rings. The quantitative estimate of drug-likeness (QED) is 0.0750. The molecule has 1 aliphatic rings. The highest BCUT2D eigenvalue weighted by Crippen LogP contribution is 2.26. The number of aryl methyl sites for hydroxylation is 1. The van der Waals surface area contributed by atoms with E-state index in [1.54, 1.807) is 12.3 Å². The second-order valence-corrected chi connectivity index (χ2v) is 11.9. The molecule has 4 heteroatoms. The van der Waals surface area contributed by atoms with Gasteiger partial charge in [-0.05, 0) is 107 Å². The van der Waals surface area contributed by atoms with Crippen molar-refractivity contribution in [1.29, 1.82) is 5.41 Å². The van der Waals surface area contributed by atoms with Crippen molar-refractivity contribution in [3.05, 3.63) is 186 Å². The number of hydrogen-bond donors (Lipinski definition) is 3. The molecule has 0 spiro atoms. The molecule has 4 nitrogen and oxygen atoms in total. The van der Waals surface area contributed by atoms with E-state index in [1.807, 2.05) is 31.3 Å². The third kappa shape index (κ3) is 7.61. The monoisotopic (exact) mass is 641 g/mol. The number of benzene rings is 4. The molecule has 1 aliphatic heterocycles. The zero-order valence-corrected chi connectivity index (χ0v) is 28.7. The van der Waals surface area contributed by atoms with Crippen LogP contribution >= 0.6 is 0 Å². The molecule has 2 heterocycles. The summed E-state index contributed by atoms with van der Waals surface area (Å²) in [5.74, 6) is 0. The third-order valence-electron chi connectivity index (χ3n) is 8.59. The van der Waals surface area contributed by atoms with Crippen LogP contribution in [0.25, 0.3) is 38.4 Å². The van der Waals surface area contributed by atoms with Crippen LogP contribution in [0.15, 0.2) is 159 Å². The van der Waals surface area contributed by atoms with Crippen LogP contribution in [0.1, 0.15) is 43.5 Å². The molecule has 0 bridgehead atoms. The van der Waals surface area contributed by atoms with E-state index in [1.165, 1.54) is 49.8 Å². The number of nitrogens with one attached hydrogen (secondary N) is 2. The molecule has 6 rings (SSSR count). The van der Waals surface area contributed by atoms with Gasteiger partial charge in [0.05, 0.1) is 5.39 Å². The van der Waals surface area contributed by atoms with Crippen LogP contribution in [0.3, 0.4) is 0 Å². The van der Waals surface area contributed by atoms with Crippen molar-refractivity contribution in [2.24, 2.45) is 5.73 Å². The fourth-order valence-electron chi connectivity index (χ4n) is 6.03. The number of nitrogens with zero attached hydrogens (tertiary/aromatic N) is 1. The van der Waals surface area contributed by atoms with Crippen molar-refractivity contribution in [2.75, 3.05) is 0 Å². The summed E-state index contributed by atoms with van der Waals surface area (Å²) in [7, 11) is 0. The Morgan fingerprint density at radius 2 is 1.67 bits per heavy atom. The van der Waals surface area contributed by atoms with Gasteiger partial charge in [-0.15, -0.1) is 0 Å². The maximum Gasteiger partial charge on any atom is 0.233 e. The lowest BCUT2D eigenvalue weighted by Gasteiger charge is -2.14. The van der Waals surface area contributed by atoms with E-state index in [9.17, 15) is 0 Å². The van der Waals surface area contributed by atoms with Gasteiger partial charge >= 0.3 is 0 Å². The molecule has 0 saturated heterocycles. The Kier molecular flexibility index (Phi) is 11.4. The standard InChI is InChI=1S/C34H30N3.C11H15N/c1-3-5-6-11-33-32-19-16-28-20-27(29(23-36)13-12-24(4-2)22-35)15-18-31(28)34(32)37(33)30-17-14-25-9-7-8-10-26(25)21-30;1-4-6-10(5-2)11-7-9(3)8-12-11/h3-11,13-23,36H,2,12,35H2,1H3;5-8,12H,2,4H2,1,3H3/q+1;/b5-3-,11-6-,24-22+,29-13+,36-23?;10-6+. The van der Waals surface area contributed by atoms with Crippen LogP contribution in [-0.2, 0) is 0 Å². The Labute approximate surface area is 289 Å². The first kappa shape index (κ1) is 34.3. The van der Waals surface area contributed by atoms with Crippen LogP contribution < -0.4 is 20.9 Å². The Bertz CT molecular complexity index is 2320. The van der Waals surface area contributed by atoms with Crippen molar-refractivity contribution >= 4 is 50.3 Å². The summed E-state index contributed by atoms with van der Waals surface area (Å²) in [6.07, 6.45) is 22.8. The van der Waals surface area contributed by atoms with Gasteiger partial charge in [-0.25, -0.2) is 0 Å². The third-order valence-corrected chi connectivity index (χ3v) is 8.59. The number of allylic oxidation sites excluding steroid dienone is 10. The fraction of sp³-hybridized carbons (Fsp3) is 0.111. The summed E-state index contributed by atoms with van der Waals surface area (Å²) in [6.45, 7) is 13.8. The highest BCUT2D eigenvalue weighted by molar-refractivity contribution is 6.09. The van der Waals surface area contributed by atoms with E-state index in [2.05, 4.69) is 140 Å². The number of aromatic nitrogens is 1. The second kappa shape index (κ2) is 16.2. The molecule has 0 fully saturated rings. The summed E-state index contributed by atoms with van der Waals surface area (Å²) in [6, 6.07) is 28.1. The first-order chi connectivity index (χ1) is 24.0. The van der Waals surface area contributed by atoms with Crippen molar-refractivity contribution < 1.29 is 0 Å². The Morgan fingerprint density at radius 1 is 0.878 bits per heavy atom. The summed E-state index contributed by atoms with van der Waals surface area (Å²) in [5.41, 5.74) is 14.4. The van der Waals surface area contributed by atoms with Crippen molar-refractivity contribution in [3.63, 3.8) is 0 Å². The lowest BCUT2D eigenvalue weighted by Crippen LogP contribution is -2.49. The largest absolute Gasteiger partial charge is 0.404 e. The summed E-state index contributed by atoms with van der Waals surface area (Å²) in [4.78, 5) is 3.20. The Morgan fingerprint density at radius 3 is 2.35 bits per heavy atom. The van der Waals surface area contributed by atoms with Crippen molar-refractivity contribution in [1.82, 2.24) is 9.56 Å². The Balaban J connectivity index is 0.000000330. The molecule has 49 heavy (non-hydrogen) atoms. The molecule has 0 radical (unpaired) electrons. The number of aromatic amines is 1. The van der Waals surface area contributed by atoms with Gasteiger partial charge in [-0.3, -0.25) is 0 Å². The summed E-state index contributed by atoms with van der Waals surface area (Å²) < 4.78 is 2.35. The fourth-order valence-corrected chi connectivity index (χ4v) is 6.03. The minimum absolute atomic E-state index is 0.638. The minimum Gasteiger partial charge on any atom is -0.404 e. The predicted molar refractivity (Wildman–Crippen MR) is 213 cm³/mol.